The van der Waals surface area contributed by atoms with Crippen LogP contribution in [0, 0.1) is 0 Å². The van der Waals surface area contributed by atoms with Crippen molar-refractivity contribution >= 4 is 14.5 Å². The molecule has 0 N–H and O–H groups in total. The van der Waals surface area contributed by atoms with Crippen LogP contribution in [0.1, 0.15) is 13.3 Å². The zero-order chi connectivity index (χ0) is 9.61. The maximum absolute atomic E-state index is 10.0. The van der Waals surface area contributed by atoms with E-state index in [1.807, 2.05) is 13.0 Å². The van der Waals surface area contributed by atoms with Gasteiger partial charge in [-0.3, -0.25) is 4.79 Å². The topological polar surface area (TPSA) is 26.3 Å². The van der Waals surface area contributed by atoms with Crippen LogP contribution in [0.4, 0.5) is 0 Å². The molecular weight excluding hydrogens is 168 g/mol. The summed E-state index contributed by atoms with van der Waals surface area (Å²) in [4.78, 5) is 10.0. The molecule has 2 nitrogen and oxygen atoms in total. The van der Waals surface area contributed by atoms with E-state index in [-0.39, 0.29) is 0 Å². The molecule has 0 aromatic carbocycles. The number of carbonyl (C=O) groups excluding carboxylic acids is 1. The molecule has 0 bridgehead atoms. The number of carbonyl (C=O) groups is 1. The summed E-state index contributed by atoms with van der Waals surface area (Å²) in [5, 5.41) is 0. The highest BCUT2D eigenvalue weighted by atomic mass is 28.3. The zero-order valence-electron chi connectivity index (χ0n) is 8.39. The molecule has 0 aliphatic carbocycles. The van der Waals surface area contributed by atoms with Crippen LogP contribution < -0.4 is 0 Å². The van der Waals surface area contributed by atoms with Crippen molar-refractivity contribution in [3.8, 4) is 0 Å². The Kier molecular flexibility index (Phi) is 4.89. The van der Waals surface area contributed by atoms with Gasteiger partial charge in [-0.1, -0.05) is 25.7 Å². The zero-order valence-corrected chi connectivity index (χ0v) is 9.39. The third-order valence-electron chi connectivity index (χ3n) is 1.64. The summed E-state index contributed by atoms with van der Waals surface area (Å²) in [6, 6.07) is 1.17. The average molecular weight is 186 g/mol. The molecule has 0 aromatic heterocycles. The van der Waals surface area contributed by atoms with Gasteiger partial charge >= 0.3 is 0 Å². The molecule has 0 amide bonds. The van der Waals surface area contributed by atoms with E-state index in [1.165, 1.54) is 6.04 Å². The van der Waals surface area contributed by atoms with E-state index in [0.717, 1.165) is 12.2 Å². The van der Waals surface area contributed by atoms with Crippen LogP contribution in [0.15, 0.2) is 11.8 Å². The van der Waals surface area contributed by atoms with Crippen molar-refractivity contribution in [2.45, 2.75) is 39.0 Å². The summed E-state index contributed by atoms with van der Waals surface area (Å²) in [6.45, 7) is 9.31. The molecule has 0 atom stereocenters. The molecule has 0 fully saturated rings. The highest BCUT2D eigenvalue weighted by Crippen LogP contribution is 2.16. The molecule has 0 rings (SSSR count). The van der Waals surface area contributed by atoms with Crippen molar-refractivity contribution in [1.29, 1.82) is 0 Å². The molecule has 0 radical (unpaired) electrons. The van der Waals surface area contributed by atoms with Crippen LogP contribution in [0.25, 0.3) is 0 Å². The number of hydrogen-bond donors (Lipinski definition) is 0. The van der Waals surface area contributed by atoms with Crippen LogP contribution in [-0.4, -0.2) is 14.5 Å². The van der Waals surface area contributed by atoms with Crippen molar-refractivity contribution in [3.05, 3.63) is 11.8 Å². The van der Waals surface area contributed by atoms with Crippen molar-refractivity contribution in [1.82, 2.24) is 0 Å². The van der Waals surface area contributed by atoms with Gasteiger partial charge in [0.1, 0.15) is 5.76 Å². The Balaban J connectivity index is 3.82. The molecule has 0 aromatic rings. The largest absolute Gasteiger partial charge is 0.434 e. The quantitative estimate of drug-likeness (QED) is 0.375. The van der Waals surface area contributed by atoms with Crippen LogP contribution in [-0.2, 0) is 9.53 Å². The van der Waals surface area contributed by atoms with E-state index < -0.39 is 8.07 Å². The second-order valence-corrected chi connectivity index (χ2v) is 9.65. The van der Waals surface area contributed by atoms with E-state index in [1.54, 1.807) is 0 Å². The first-order valence-corrected chi connectivity index (χ1v) is 7.96. The van der Waals surface area contributed by atoms with Gasteiger partial charge < -0.3 is 4.74 Å². The molecule has 70 valence electrons. The van der Waals surface area contributed by atoms with Crippen LogP contribution in [0.2, 0.25) is 25.7 Å². The Morgan fingerprint density at radius 3 is 2.33 bits per heavy atom. The Bertz CT molecular complexity index is 168. The van der Waals surface area contributed by atoms with Gasteiger partial charge in [-0.25, -0.2) is 0 Å². The monoisotopic (exact) mass is 186 g/mol. The lowest BCUT2D eigenvalue weighted by atomic mass is 10.4. The van der Waals surface area contributed by atoms with Crippen molar-refractivity contribution in [3.63, 3.8) is 0 Å². The highest BCUT2D eigenvalue weighted by Gasteiger charge is 2.13. The van der Waals surface area contributed by atoms with Crippen molar-refractivity contribution < 1.29 is 9.53 Å². The second kappa shape index (κ2) is 5.14. The summed E-state index contributed by atoms with van der Waals surface area (Å²) in [5.74, 6) is 0.799. The van der Waals surface area contributed by atoms with Gasteiger partial charge in [-0.05, 0) is 13.0 Å². The van der Waals surface area contributed by atoms with E-state index in [9.17, 15) is 4.79 Å². The molecule has 3 heteroatoms. The minimum Gasteiger partial charge on any atom is -0.434 e. The number of rotatable bonds is 5. The third-order valence-corrected chi connectivity index (χ3v) is 3.39. The lowest BCUT2D eigenvalue weighted by Crippen LogP contribution is -2.19. The summed E-state index contributed by atoms with van der Waals surface area (Å²) >= 11 is 0. The molecule has 0 aliphatic rings. The summed E-state index contributed by atoms with van der Waals surface area (Å²) in [5.41, 5.74) is 0. The van der Waals surface area contributed by atoms with E-state index >= 15 is 0 Å². The molecule has 0 saturated carbocycles. The molecule has 0 saturated heterocycles. The Hall–Kier alpha value is -0.573. The maximum Gasteiger partial charge on any atom is 0.298 e. The van der Waals surface area contributed by atoms with Gasteiger partial charge in [-0.2, -0.15) is 0 Å². The van der Waals surface area contributed by atoms with Gasteiger partial charge in [0.15, 0.2) is 0 Å². The SMILES string of the molecule is CC=C(CC[Si](C)(C)C)OC=O. The third kappa shape index (κ3) is 6.16. The van der Waals surface area contributed by atoms with Crippen LogP contribution in [0.5, 0.6) is 0 Å². The van der Waals surface area contributed by atoms with Gasteiger partial charge in [0.2, 0.25) is 0 Å². The Morgan fingerprint density at radius 1 is 1.42 bits per heavy atom. The fraction of sp³-hybridized carbons (Fsp3) is 0.667. The first kappa shape index (κ1) is 11.4. The average Bonchev–Trinajstić information content (AvgIpc) is 1.96. The van der Waals surface area contributed by atoms with Gasteiger partial charge in [0, 0.05) is 14.5 Å². The normalized spacial score (nSPS) is 12.8. The Morgan fingerprint density at radius 2 is 2.00 bits per heavy atom. The molecule has 0 spiro atoms. The minimum atomic E-state index is -1.00. The number of ether oxygens (including phenoxy) is 1. The fourth-order valence-electron chi connectivity index (χ4n) is 0.831. The van der Waals surface area contributed by atoms with Crippen molar-refractivity contribution in [2.24, 2.45) is 0 Å². The second-order valence-electron chi connectivity index (χ2n) is 4.03. The molecule has 0 unspecified atom stereocenters. The summed E-state index contributed by atoms with van der Waals surface area (Å²) in [6.07, 6.45) is 2.75. The standard InChI is InChI=1S/C9H18O2Si/c1-5-9(11-8-10)6-7-12(2,3)4/h5,8H,6-7H2,1-4H3. The van der Waals surface area contributed by atoms with Gasteiger partial charge in [-0.15, -0.1) is 0 Å². The van der Waals surface area contributed by atoms with Crippen LogP contribution in [0.3, 0.4) is 0 Å². The Labute approximate surface area is 75.6 Å². The van der Waals surface area contributed by atoms with Gasteiger partial charge in [0.25, 0.3) is 6.47 Å². The lowest BCUT2D eigenvalue weighted by Gasteiger charge is -2.15. The van der Waals surface area contributed by atoms with E-state index in [2.05, 4.69) is 19.6 Å². The molecule has 12 heavy (non-hydrogen) atoms. The smallest absolute Gasteiger partial charge is 0.298 e. The summed E-state index contributed by atoms with van der Waals surface area (Å²) < 4.78 is 4.79. The summed E-state index contributed by atoms with van der Waals surface area (Å²) in [7, 11) is -1.00. The van der Waals surface area contributed by atoms with Gasteiger partial charge in [0.05, 0.1) is 0 Å². The maximum atomic E-state index is 10.0. The number of hydrogen-bond acceptors (Lipinski definition) is 2. The highest BCUT2D eigenvalue weighted by molar-refractivity contribution is 6.76. The minimum absolute atomic E-state index is 0.500. The van der Waals surface area contributed by atoms with E-state index in [4.69, 9.17) is 4.74 Å². The first-order valence-electron chi connectivity index (χ1n) is 4.25. The predicted molar refractivity (Wildman–Crippen MR) is 53.7 cm³/mol. The molecular formula is C9H18O2Si. The van der Waals surface area contributed by atoms with Crippen molar-refractivity contribution in [2.75, 3.05) is 0 Å². The molecule has 0 heterocycles. The lowest BCUT2D eigenvalue weighted by molar-refractivity contribution is -0.125. The fourth-order valence-corrected chi connectivity index (χ4v) is 1.83. The molecule has 0 aliphatic heterocycles. The predicted octanol–water partition coefficient (Wildman–Crippen LogP) is 2.79. The number of allylic oxidation sites excluding steroid dienone is 2. The first-order chi connectivity index (χ1) is 5.49. The van der Waals surface area contributed by atoms with E-state index in [0.29, 0.717) is 6.47 Å². The van der Waals surface area contributed by atoms with Crippen LogP contribution >= 0.6 is 0 Å².